The first-order valence-corrected chi connectivity index (χ1v) is 7.25. The van der Waals surface area contributed by atoms with Gasteiger partial charge in [-0.3, -0.25) is 0 Å². The van der Waals surface area contributed by atoms with E-state index in [2.05, 4.69) is 10.1 Å². The lowest BCUT2D eigenvalue weighted by Crippen LogP contribution is -2.13. The van der Waals surface area contributed by atoms with Gasteiger partial charge in [-0.1, -0.05) is 16.9 Å². The van der Waals surface area contributed by atoms with E-state index in [1.165, 1.54) is 11.8 Å². The minimum absolute atomic E-state index is 0.0618. The van der Waals surface area contributed by atoms with E-state index in [-0.39, 0.29) is 5.84 Å². The summed E-state index contributed by atoms with van der Waals surface area (Å²) in [5.74, 6) is 2.22. The molecule has 0 atom stereocenters. The monoisotopic (exact) mass is 307 g/mol. The van der Waals surface area contributed by atoms with E-state index in [1.807, 2.05) is 19.9 Å². The van der Waals surface area contributed by atoms with E-state index in [4.69, 9.17) is 20.1 Å². The van der Waals surface area contributed by atoms with E-state index >= 15 is 0 Å². The van der Waals surface area contributed by atoms with Crippen molar-refractivity contribution in [3.8, 4) is 5.75 Å². The van der Waals surface area contributed by atoms with Crippen molar-refractivity contribution in [2.45, 2.75) is 24.8 Å². The smallest absolute Gasteiger partial charge is 0.256 e. The summed E-state index contributed by atoms with van der Waals surface area (Å²) in [7, 11) is 1.60. The summed E-state index contributed by atoms with van der Waals surface area (Å²) in [6, 6.07) is 5.35. The van der Waals surface area contributed by atoms with E-state index in [0.29, 0.717) is 16.5 Å². The molecule has 3 N–H and O–H groups in total. The highest BCUT2D eigenvalue weighted by atomic mass is 32.2. The molecule has 0 radical (unpaired) electrons. The van der Waals surface area contributed by atoms with Crippen LogP contribution in [-0.4, -0.2) is 23.1 Å². The third kappa shape index (κ3) is 3.49. The molecule has 0 saturated carbocycles. The predicted molar refractivity (Wildman–Crippen MR) is 81.0 cm³/mol. The Morgan fingerprint density at radius 2 is 2.24 bits per heavy atom. The Hall–Kier alpha value is -2.15. The van der Waals surface area contributed by atoms with Gasteiger partial charge in [0.1, 0.15) is 11.5 Å². The van der Waals surface area contributed by atoms with Gasteiger partial charge in [0.2, 0.25) is 0 Å². The maximum Gasteiger partial charge on any atom is 0.256 e. The third-order valence-corrected chi connectivity index (χ3v) is 3.92. The van der Waals surface area contributed by atoms with Crippen molar-refractivity contribution in [3.05, 3.63) is 40.8 Å². The van der Waals surface area contributed by atoms with Crippen molar-refractivity contribution in [2.24, 2.45) is 10.9 Å². The third-order valence-electron chi connectivity index (χ3n) is 3.04. The zero-order valence-corrected chi connectivity index (χ0v) is 12.9. The summed E-state index contributed by atoms with van der Waals surface area (Å²) in [5, 5.41) is 12.4. The Morgan fingerprint density at radius 3 is 2.81 bits per heavy atom. The molecule has 1 aromatic heterocycles. The zero-order valence-electron chi connectivity index (χ0n) is 12.1. The van der Waals surface area contributed by atoms with Gasteiger partial charge in [-0.15, -0.1) is 0 Å². The van der Waals surface area contributed by atoms with Gasteiger partial charge in [0, 0.05) is 16.9 Å². The fraction of sp³-hybridized carbons (Fsp3) is 0.286. The molecule has 2 aromatic rings. The number of aryl methyl sites for hydroxylation is 2. The molecule has 1 aromatic carbocycles. The highest BCUT2D eigenvalue weighted by molar-refractivity contribution is 7.98. The van der Waals surface area contributed by atoms with Gasteiger partial charge in [-0.2, -0.15) is 0 Å². The lowest BCUT2D eigenvalue weighted by molar-refractivity contribution is 0.318. The first-order chi connectivity index (χ1) is 10.0. The lowest BCUT2D eigenvalue weighted by Gasteiger charge is -2.09. The molecule has 112 valence electrons. The summed E-state index contributed by atoms with van der Waals surface area (Å²) in [4.78, 5) is 4.32. The quantitative estimate of drug-likeness (QED) is 0.290. The van der Waals surface area contributed by atoms with Crippen molar-refractivity contribution in [3.63, 3.8) is 0 Å². The van der Waals surface area contributed by atoms with Gasteiger partial charge < -0.3 is 20.1 Å². The van der Waals surface area contributed by atoms with Crippen LogP contribution in [0.5, 0.6) is 5.75 Å². The number of hydrogen-bond acceptors (Lipinski definition) is 6. The molecule has 0 aliphatic heterocycles. The number of thioether (sulfide) groups is 1. The van der Waals surface area contributed by atoms with Crippen LogP contribution in [0.15, 0.2) is 33.0 Å². The van der Waals surface area contributed by atoms with Crippen LogP contribution in [0, 0.1) is 13.8 Å². The molecular formula is C14H17N3O3S. The Kier molecular flexibility index (Phi) is 4.74. The van der Waals surface area contributed by atoms with Gasteiger partial charge >= 0.3 is 0 Å². The van der Waals surface area contributed by atoms with Crippen LogP contribution in [-0.2, 0) is 5.75 Å². The summed E-state index contributed by atoms with van der Waals surface area (Å²) < 4.78 is 10.9. The molecule has 21 heavy (non-hydrogen) atoms. The van der Waals surface area contributed by atoms with Crippen molar-refractivity contribution in [2.75, 3.05) is 7.11 Å². The van der Waals surface area contributed by atoms with Crippen molar-refractivity contribution in [1.82, 2.24) is 4.98 Å². The van der Waals surface area contributed by atoms with Crippen molar-refractivity contribution in [1.29, 1.82) is 0 Å². The van der Waals surface area contributed by atoms with Gasteiger partial charge in [-0.25, -0.2) is 4.98 Å². The molecular weight excluding hydrogens is 290 g/mol. The van der Waals surface area contributed by atoms with Crippen molar-refractivity contribution >= 4 is 17.6 Å². The van der Waals surface area contributed by atoms with Gasteiger partial charge in [0.15, 0.2) is 5.84 Å². The van der Waals surface area contributed by atoms with Crippen LogP contribution in [0.2, 0.25) is 0 Å². The minimum atomic E-state index is 0.0618. The second-order valence-corrected chi connectivity index (χ2v) is 5.35. The molecule has 0 aliphatic rings. The van der Waals surface area contributed by atoms with Crippen LogP contribution >= 0.6 is 11.8 Å². The van der Waals surface area contributed by atoms with Crippen LogP contribution < -0.4 is 10.5 Å². The van der Waals surface area contributed by atoms with Crippen LogP contribution in [0.3, 0.4) is 0 Å². The Morgan fingerprint density at radius 1 is 1.48 bits per heavy atom. The summed E-state index contributed by atoms with van der Waals surface area (Å²) >= 11 is 1.47. The minimum Gasteiger partial charge on any atom is -0.496 e. The number of hydrogen-bond donors (Lipinski definition) is 2. The van der Waals surface area contributed by atoms with E-state index in [1.54, 1.807) is 19.2 Å². The standard InChI is InChI=1S/C14H17N3O3S/c1-8-9(2)20-14(16-8)21-7-11-6-10(13(15)17-18)4-5-12(11)19-3/h4-6,18H,7H2,1-3H3,(H2,15,17). The number of oxazole rings is 1. The van der Waals surface area contributed by atoms with Gasteiger partial charge in [0.05, 0.1) is 12.8 Å². The summed E-state index contributed by atoms with van der Waals surface area (Å²) in [6.07, 6.45) is 0. The average Bonchev–Trinajstić information content (AvgIpc) is 2.82. The zero-order chi connectivity index (χ0) is 15.4. The van der Waals surface area contributed by atoms with Gasteiger partial charge in [-0.05, 0) is 32.0 Å². The maximum absolute atomic E-state index is 8.75. The number of benzene rings is 1. The lowest BCUT2D eigenvalue weighted by atomic mass is 10.1. The SMILES string of the molecule is COc1ccc(/C(N)=N/O)cc1CSc1nc(C)c(C)o1. The Bertz CT molecular complexity index is 648. The average molecular weight is 307 g/mol. The number of rotatable bonds is 5. The molecule has 6 nitrogen and oxygen atoms in total. The summed E-state index contributed by atoms with van der Waals surface area (Å²) in [5.41, 5.74) is 8.04. The molecule has 0 amide bonds. The number of ether oxygens (including phenoxy) is 1. The molecule has 0 aliphatic carbocycles. The molecule has 0 saturated heterocycles. The second-order valence-electron chi connectivity index (χ2n) is 4.42. The van der Waals surface area contributed by atoms with Crippen LogP contribution in [0.1, 0.15) is 22.6 Å². The molecule has 2 rings (SSSR count). The first kappa shape index (κ1) is 15.2. The fourth-order valence-corrected chi connectivity index (χ4v) is 2.64. The van der Waals surface area contributed by atoms with E-state index in [0.717, 1.165) is 22.8 Å². The predicted octanol–water partition coefficient (Wildman–Crippen LogP) is 2.69. The Labute approximate surface area is 127 Å². The maximum atomic E-state index is 8.75. The molecule has 0 spiro atoms. The molecule has 1 heterocycles. The van der Waals surface area contributed by atoms with Crippen LogP contribution in [0.4, 0.5) is 0 Å². The molecule has 0 bridgehead atoms. The largest absolute Gasteiger partial charge is 0.496 e. The van der Waals surface area contributed by atoms with Gasteiger partial charge in [0.25, 0.3) is 5.22 Å². The van der Waals surface area contributed by atoms with E-state index < -0.39 is 0 Å². The highest BCUT2D eigenvalue weighted by Crippen LogP contribution is 2.29. The number of amidine groups is 1. The molecule has 0 unspecified atom stereocenters. The van der Waals surface area contributed by atoms with Crippen molar-refractivity contribution < 1.29 is 14.4 Å². The first-order valence-electron chi connectivity index (χ1n) is 6.26. The summed E-state index contributed by atoms with van der Waals surface area (Å²) in [6.45, 7) is 3.79. The number of nitrogens with zero attached hydrogens (tertiary/aromatic N) is 2. The topological polar surface area (TPSA) is 93.9 Å². The normalized spacial score (nSPS) is 11.7. The second kappa shape index (κ2) is 6.53. The molecule has 7 heteroatoms. The van der Waals surface area contributed by atoms with Crippen LogP contribution in [0.25, 0.3) is 0 Å². The fourth-order valence-electron chi connectivity index (χ4n) is 1.75. The number of methoxy groups -OCH3 is 1. The number of oxime groups is 1. The Balaban J connectivity index is 2.21. The number of nitrogens with two attached hydrogens (primary N) is 1. The highest BCUT2D eigenvalue weighted by Gasteiger charge is 2.11. The number of aromatic nitrogens is 1. The van der Waals surface area contributed by atoms with E-state index in [9.17, 15) is 0 Å². The molecule has 0 fully saturated rings.